The van der Waals surface area contributed by atoms with E-state index >= 15 is 0 Å². The number of Topliss-reactive ketones (excluding diaryl/α,β-unsaturated/α-hetero) is 1. The predicted octanol–water partition coefficient (Wildman–Crippen LogP) is 1.91. The summed E-state index contributed by atoms with van der Waals surface area (Å²) in [5.74, 6) is -0.639. The van der Waals surface area contributed by atoms with Gasteiger partial charge in [0, 0.05) is 50.2 Å². The van der Waals surface area contributed by atoms with Gasteiger partial charge in [-0.2, -0.15) is 0 Å². The maximum atomic E-state index is 14.4. The van der Waals surface area contributed by atoms with Crippen molar-refractivity contribution in [3.8, 4) is 0 Å². The van der Waals surface area contributed by atoms with Gasteiger partial charge in [0.1, 0.15) is 5.82 Å². The predicted molar refractivity (Wildman–Crippen MR) is 112 cm³/mol. The fourth-order valence-corrected chi connectivity index (χ4v) is 4.45. The summed E-state index contributed by atoms with van der Waals surface area (Å²) < 4.78 is 14.4. The number of thiazole rings is 1. The number of nitrogens with one attached hydrogen (secondary N) is 1. The van der Waals surface area contributed by atoms with Crippen molar-refractivity contribution in [2.24, 2.45) is 0 Å². The minimum absolute atomic E-state index is 0.0372. The molecular formula is C20H22FN5O3S. The Morgan fingerprint density at radius 1 is 1.20 bits per heavy atom. The second kappa shape index (κ2) is 8.39. The lowest BCUT2D eigenvalue weighted by Gasteiger charge is -2.36. The molecule has 3 amide bonds. The van der Waals surface area contributed by atoms with Crippen LogP contribution in [0.3, 0.4) is 0 Å². The molecule has 2 aromatic rings. The lowest BCUT2D eigenvalue weighted by Crippen LogP contribution is -2.49. The molecule has 0 bridgehead atoms. The van der Waals surface area contributed by atoms with Crippen molar-refractivity contribution in [2.45, 2.75) is 13.3 Å². The minimum Gasteiger partial charge on any atom is -0.366 e. The molecule has 158 valence electrons. The van der Waals surface area contributed by atoms with Crippen molar-refractivity contribution in [3.05, 3.63) is 40.7 Å². The monoisotopic (exact) mass is 431 g/mol. The van der Waals surface area contributed by atoms with Crippen LogP contribution >= 0.6 is 11.3 Å². The van der Waals surface area contributed by atoms with Crippen molar-refractivity contribution in [3.63, 3.8) is 0 Å². The largest absolute Gasteiger partial charge is 0.366 e. The van der Waals surface area contributed by atoms with Crippen molar-refractivity contribution in [1.29, 1.82) is 0 Å². The van der Waals surface area contributed by atoms with Gasteiger partial charge in [0.25, 0.3) is 0 Å². The van der Waals surface area contributed by atoms with Crippen LogP contribution < -0.4 is 15.1 Å². The molecule has 1 N–H and O–H groups in total. The number of piperazine rings is 1. The molecule has 0 radical (unpaired) electrons. The zero-order valence-corrected chi connectivity index (χ0v) is 17.4. The summed E-state index contributed by atoms with van der Waals surface area (Å²) in [5, 5.41) is 5.14. The third-order valence-electron chi connectivity index (χ3n) is 5.29. The van der Waals surface area contributed by atoms with Gasteiger partial charge in [-0.3, -0.25) is 14.5 Å². The highest BCUT2D eigenvalue weighted by molar-refractivity contribution is 7.14. The van der Waals surface area contributed by atoms with Crippen LogP contribution in [0.15, 0.2) is 23.6 Å². The zero-order chi connectivity index (χ0) is 21.3. The highest BCUT2D eigenvalue weighted by atomic mass is 32.1. The average Bonchev–Trinajstić information content (AvgIpc) is 3.36. The van der Waals surface area contributed by atoms with Gasteiger partial charge < -0.3 is 15.1 Å². The molecule has 1 aromatic carbocycles. The van der Waals surface area contributed by atoms with Gasteiger partial charge in [0.05, 0.1) is 17.8 Å². The topological polar surface area (TPSA) is 85.9 Å². The summed E-state index contributed by atoms with van der Waals surface area (Å²) in [6, 6.07) is 4.34. The normalized spacial score (nSPS) is 16.7. The van der Waals surface area contributed by atoms with Gasteiger partial charge in [0.2, 0.25) is 5.91 Å². The van der Waals surface area contributed by atoms with E-state index in [2.05, 4.69) is 10.3 Å². The zero-order valence-electron chi connectivity index (χ0n) is 16.6. The molecule has 0 atom stereocenters. The van der Waals surface area contributed by atoms with Crippen LogP contribution in [-0.4, -0.2) is 66.9 Å². The number of halogens is 1. The second-order valence-electron chi connectivity index (χ2n) is 7.27. The van der Waals surface area contributed by atoms with E-state index < -0.39 is 5.82 Å². The van der Waals surface area contributed by atoms with E-state index in [0.717, 1.165) is 0 Å². The molecule has 2 saturated heterocycles. The van der Waals surface area contributed by atoms with Crippen molar-refractivity contribution < 1.29 is 18.8 Å². The van der Waals surface area contributed by atoms with Crippen molar-refractivity contribution >= 4 is 39.9 Å². The molecule has 10 heteroatoms. The molecule has 2 fully saturated rings. The number of ketones is 1. The number of anilines is 2. The molecule has 1 aromatic heterocycles. The molecule has 2 aliphatic heterocycles. The molecule has 0 saturated carbocycles. The first kappa shape index (κ1) is 20.3. The Morgan fingerprint density at radius 2 is 1.97 bits per heavy atom. The second-order valence-corrected chi connectivity index (χ2v) is 8.11. The van der Waals surface area contributed by atoms with Gasteiger partial charge in [-0.15, -0.1) is 11.3 Å². The molecular weight excluding hydrogens is 409 g/mol. The number of hydrogen-bond acceptors (Lipinski definition) is 6. The number of carbonyl (C=O) groups excluding carboxylic acids is 3. The van der Waals surface area contributed by atoms with E-state index in [1.165, 1.54) is 24.3 Å². The molecule has 8 nitrogen and oxygen atoms in total. The SMILES string of the molecule is CC(=O)c1ccc(N2CCN(C(=O)Cc3csc(N4CCNC4=O)n3)CC2)c(F)c1. The Hall–Kier alpha value is -3.01. The number of benzene rings is 1. The van der Waals surface area contributed by atoms with Gasteiger partial charge in [-0.1, -0.05) is 0 Å². The Balaban J connectivity index is 1.33. The molecule has 2 aliphatic rings. The summed E-state index contributed by atoms with van der Waals surface area (Å²) in [7, 11) is 0. The smallest absolute Gasteiger partial charge is 0.323 e. The minimum atomic E-state index is -0.427. The lowest BCUT2D eigenvalue weighted by molar-refractivity contribution is -0.130. The van der Waals surface area contributed by atoms with Gasteiger partial charge in [0.15, 0.2) is 10.9 Å². The first-order valence-electron chi connectivity index (χ1n) is 9.75. The van der Waals surface area contributed by atoms with Crippen LogP contribution in [0, 0.1) is 5.82 Å². The highest BCUT2D eigenvalue weighted by Crippen LogP contribution is 2.24. The number of carbonyl (C=O) groups is 3. The van der Waals surface area contributed by atoms with Crippen LogP contribution in [-0.2, 0) is 11.2 Å². The third-order valence-corrected chi connectivity index (χ3v) is 6.20. The van der Waals surface area contributed by atoms with Gasteiger partial charge in [-0.25, -0.2) is 14.2 Å². The third kappa shape index (κ3) is 4.13. The molecule has 0 spiro atoms. The standard InChI is InChI=1S/C20H22FN5O3S/c1-13(27)14-2-3-17(16(21)10-14)24-6-8-25(9-7-24)18(28)11-15-12-30-20(23-15)26-5-4-22-19(26)29/h2-3,10,12H,4-9,11H2,1H3,(H,22,29). The van der Waals surface area contributed by atoms with Crippen molar-refractivity contribution in [1.82, 2.24) is 15.2 Å². The Morgan fingerprint density at radius 3 is 2.60 bits per heavy atom. The summed E-state index contributed by atoms with van der Waals surface area (Å²) in [5.41, 5.74) is 1.44. The maximum Gasteiger partial charge on any atom is 0.323 e. The van der Waals surface area contributed by atoms with E-state index in [-0.39, 0.29) is 24.1 Å². The Bertz CT molecular complexity index is 987. The number of rotatable bonds is 5. The molecule has 30 heavy (non-hydrogen) atoms. The Labute approximate surface area is 177 Å². The number of aromatic nitrogens is 1. The number of hydrogen-bond donors (Lipinski definition) is 1. The first-order valence-corrected chi connectivity index (χ1v) is 10.6. The first-order chi connectivity index (χ1) is 14.4. The molecule has 3 heterocycles. The van der Waals surface area contributed by atoms with Crippen LogP contribution in [0.1, 0.15) is 23.0 Å². The fourth-order valence-electron chi connectivity index (χ4n) is 3.60. The maximum absolute atomic E-state index is 14.4. The molecule has 4 rings (SSSR count). The average molecular weight is 431 g/mol. The summed E-state index contributed by atoms with van der Waals surface area (Å²) in [6.07, 6.45) is 0.174. The number of amides is 3. The Kier molecular flexibility index (Phi) is 5.67. The summed E-state index contributed by atoms with van der Waals surface area (Å²) in [6.45, 7) is 4.57. The van der Waals surface area contributed by atoms with Crippen LogP contribution in [0.25, 0.3) is 0 Å². The number of nitrogens with zero attached hydrogens (tertiary/aromatic N) is 4. The van der Waals surface area contributed by atoms with E-state index in [1.807, 2.05) is 4.90 Å². The molecule has 0 unspecified atom stereocenters. The van der Waals surface area contributed by atoms with E-state index in [9.17, 15) is 18.8 Å². The van der Waals surface area contributed by atoms with Crippen LogP contribution in [0.2, 0.25) is 0 Å². The van der Waals surface area contributed by atoms with E-state index in [0.29, 0.717) is 61.3 Å². The van der Waals surface area contributed by atoms with Gasteiger partial charge in [-0.05, 0) is 25.1 Å². The van der Waals surface area contributed by atoms with Gasteiger partial charge >= 0.3 is 6.03 Å². The van der Waals surface area contributed by atoms with Crippen LogP contribution in [0.4, 0.5) is 20.0 Å². The summed E-state index contributed by atoms with van der Waals surface area (Å²) in [4.78, 5) is 45.4. The highest BCUT2D eigenvalue weighted by Gasteiger charge is 2.26. The van der Waals surface area contributed by atoms with Crippen molar-refractivity contribution in [2.75, 3.05) is 49.1 Å². The van der Waals surface area contributed by atoms with E-state index in [1.54, 1.807) is 27.3 Å². The quantitative estimate of drug-likeness (QED) is 0.731. The van der Waals surface area contributed by atoms with E-state index in [4.69, 9.17) is 0 Å². The van der Waals surface area contributed by atoms with Crippen LogP contribution in [0.5, 0.6) is 0 Å². The summed E-state index contributed by atoms with van der Waals surface area (Å²) >= 11 is 1.35. The fraction of sp³-hybridized carbons (Fsp3) is 0.400. The number of urea groups is 1. The lowest BCUT2D eigenvalue weighted by atomic mass is 10.1. The molecule has 0 aliphatic carbocycles.